The van der Waals surface area contributed by atoms with Gasteiger partial charge < -0.3 is 6.47 Å². The van der Waals surface area contributed by atoms with Gasteiger partial charge in [-0.15, -0.1) is 0 Å². The van der Waals surface area contributed by atoms with Gasteiger partial charge >= 0.3 is 25.2 Å². The van der Waals surface area contributed by atoms with E-state index >= 15 is 0 Å². The minimum Gasteiger partial charge on any atom is -0.346 e. The van der Waals surface area contributed by atoms with Gasteiger partial charge in [0.2, 0.25) is 0 Å². The molecule has 0 spiro atoms. The van der Waals surface area contributed by atoms with Gasteiger partial charge in [-0.2, -0.15) is 8.42 Å². The average molecular weight is 138 g/mol. The predicted octanol–water partition coefficient (Wildman–Crippen LogP) is -0.604. The number of hydrogen-bond acceptors (Lipinski definition) is 4. The lowest BCUT2D eigenvalue weighted by molar-refractivity contribution is 0.293. The van der Waals surface area contributed by atoms with Crippen molar-refractivity contribution in [1.82, 2.24) is 0 Å². The molecule has 1 saturated heterocycles. The molecule has 4 nitrogen and oxygen atoms in total. The normalized spacial score (nSPS) is 26.7. The molecule has 7 heavy (non-hydrogen) atoms. The van der Waals surface area contributed by atoms with E-state index in [0.29, 0.717) is 0 Å². The quantitative estimate of drug-likeness (QED) is 0.419. The molecule has 0 unspecified atom stereocenters. The van der Waals surface area contributed by atoms with E-state index in [0.717, 1.165) is 0 Å². The van der Waals surface area contributed by atoms with Crippen molar-refractivity contribution >= 4 is 25.2 Å². The van der Waals surface area contributed by atoms with E-state index in [9.17, 15) is 8.42 Å². The number of hydrogen-bond donors (Lipinski definition) is 0. The molecular formula is CH3AlO4S. The molecule has 0 N–H and O–H groups in total. The zero-order chi connectivity index (χ0) is 5.49. The highest BCUT2D eigenvalue weighted by atomic mass is 32.3. The maximum absolute atomic E-state index is 9.89. The summed E-state index contributed by atoms with van der Waals surface area (Å²) in [6, 6.07) is 0. The molecule has 6 heteroatoms. The molecule has 0 saturated carbocycles. The summed E-state index contributed by atoms with van der Waals surface area (Å²) in [5.41, 5.74) is 0. The molecule has 1 aliphatic rings. The van der Waals surface area contributed by atoms with Crippen LogP contribution in [0.2, 0.25) is 5.79 Å². The second kappa shape index (κ2) is 1.44. The van der Waals surface area contributed by atoms with Crippen LogP contribution in [0.4, 0.5) is 0 Å². The van der Waals surface area contributed by atoms with Crippen LogP contribution in [0.3, 0.4) is 0 Å². The van der Waals surface area contributed by atoms with E-state index in [2.05, 4.69) is 6.47 Å². The Balaban J connectivity index is 2.61. The van der Waals surface area contributed by atoms with E-state index in [-0.39, 0.29) is 0 Å². The van der Waals surface area contributed by atoms with Crippen molar-refractivity contribution in [2.45, 2.75) is 5.79 Å². The van der Waals surface area contributed by atoms with Gasteiger partial charge in [-0.05, 0) is 0 Å². The highest BCUT2D eigenvalue weighted by Crippen LogP contribution is 2.12. The van der Waals surface area contributed by atoms with Gasteiger partial charge in [0.1, 0.15) is 0 Å². The van der Waals surface area contributed by atoms with Crippen LogP contribution in [0.25, 0.3) is 0 Å². The van der Waals surface area contributed by atoms with Crippen LogP contribution in [0.15, 0.2) is 0 Å². The van der Waals surface area contributed by atoms with Crippen LogP contribution in [0.1, 0.15) is 0 Å². The van der Waals surface area contributed by atoms with Crippen molar-refractivity contribution in [3.05, 3.63) is 0 Å². The summed E-state index contributed by atoms with van der Waals surface area (Å²) in [7, 11) is -3.47. The smallest absolute Gasteiger partial charge is 0.346 e. The lowest BCUT2D eigenvalue weighted by Gasteiger charge is -2.17. The molecule has 0 atom stereocenters. The van der Waals surface area contributed by atoms with Crippen LogP contribution < -0.4 is 0 Å². The van der Waals surface area contributed by atoms with Gasteiger partial charge in [-0.3, -0.25) is 0 Å². The van der Waals surface area contributed by atoms with Gasteiger partial charge in [-0.25, -0.2) is 0 Å². The second-order valence-corrected chi connectivity index (χ2v) is 4.66. The van der Waals surface area contributed by atoms with E-state index in [1.807, 2.05) is 0 Å². The van der Waals surface area contributed by atoms with Crippen molar-refractivity contribution in [3.63, 3.8) is 0 Å². The molecule has 0 aromatic heterocycles. The lowest BCUT2D eigenvalue weighted by Crippen LogP contribution is -2.37. The maximum atomic E-state index is 9.89. The van der Waals surface area contributed by atoms with Crippen LogP contribution in [-0.4, -0.2) is 23.2 Å². The molecule has 0 aliphatic carbocycles. The molecule has 0 bridgehead atoms. The number of rotatable bonds is 0. The Morgan fingerprint density at radius 1 is 1.43 bits per heavy atom. The van der Waals surface area contributed by atoms with Gasteiger partial charge in [-0.1, -0.05) is 5.79 Å². The molecule has 0 aromatic carbocycles. The highest BCUT2D eigenvalue weighted by molar-refractivity contribution is 7.86. The topological polar surface area (TPSA) is 52.6 Å². The van der Waals surface area contributed by atoms with E-state index in [4.69, 9.17) is 0 Å². The van der Waals surface area contributed by atoms with Gasteiger partial charge in [0, 0.05) is 0 Å². The van der Waals surface area contributed by atoms with Gasteiger partial charge in [0.25, 0.3) is 0 Å². The van der Waals surface area contributed by atoms with Crippen molar-refractivity contribution in [1.29, 1.82) is 0 Å². The molecule has 1 rings (SSSR count). The van der Waals surface area contributed by atoms with Crippen LogP contribution >= 0.6 is 0 Å². The molecule has 0 amide bonds. The molecule has 1 aliphatic heterocycles. The fraction of sp³-hybridized carbons (Fsp3) is 1.00. The first-order chi connectivity index (χ1) is 3.10. The highest BCUT2D eigenvalue weighted by Gasteiger charge is 2.41. The fourth-order valence-electron chi connectivity index (χ4n) is 0.339. The zero-order valence-electron chi connectivity index (χ0n) is 3.62. The summed E-state index contributed by atoms with van der Waals surface area (Å²) in [5.74, 6) is 1.64. The Labute approximate surface area is 46.4 Å². The third-order valence-electron chi connectivity index (χ3n) is 0.507. The van der Waals surface area contributed by atoms with Crippen molar-refractivity contribution in [3.8, 4) is 0 Å². The van der Waals surface area contributed by atoms with Gasteiger partial charge in [0.05, 0.1) is 0 Å². The predicted molar refractivity (Wildman–Crippen MR) is 22.7 cm³/mol. The Morgan fingerprint density at radius 2 is 1.86 bits per heavy atom. The minimum absolute atomic E-state index is 1.64. The molecule has 0 radical (unpaired) electrons. The average Bonchev–Trinajstić information content (AvgIpc) is 1.27. The Morgan fingerprint density at radius 3 is 1.86 bits per heavy atom. The minimum atomic E-state index is -3.47. The van der Waals surface area contributed by atoms with Crippen molar-refractivity contribution < 1.29 is 14.9 Å². The van der Waals surface area contributed by atoms with Crippen LogP contribution in [0, 0.1) is 0 Å². The Bertz CT molecular complexity index is 147. The van der Waals surface area contributed by atoms with Crippen molar-refractivity contribution in [2.24, 2.45) is 0 Å². The Kier molecular flexibility index (Phi) is 1.14. The van der Waals surface area contributed by atoms with Crippen molar-refractivity contribution in [2.75, 3.05) is 0 Å². The lowest BCUT2D eigenvalue weighted by atomic mass is 11.9. The molecule has 1 heterocycles. The third-order valence-corrected chi connectivity index (χ3v) is 4.56. The zero-order valence-corrected chi connectivity index (χ0v) is 5.59. The first-order valence-corrected chi connectivity index (χ1v) is 5.15. The fourth-order valence-corrected chi connectivity index (χ4v) is 3.05. The molecule has 0 aromatic rings. The summed E-state index contributed by atoms with van der Waals surface area (Å²) in [5, 5.41) is 0. The van der Waals surface area contributed by atoms with Gasteiger partial charge in [0.15, 0.2) is 0 Å². The second-order valence-electron chi connectivity index (χ2n) is 1.17. The monoisotopic (exact) mass is 138 g/mol. The summed E-state index contributed by atoms with van der Waals surface area (Å²) in [4.78, 5) is 0. The largest absolute Gasteiger partial charge is 0.705 e. The third kappa shape index (κ3) is 1.15. The standard InChI is InChI=1S/CH3.Al.H2O4S/c;;1-5(2,3)4/h1H3;;(H2,1,2,3,4)/q;+2;/p-2. The molecule has 40 valence electrons. The van der Waals surface area contributed by atoms with E-state index in [1.165, 1.54) is 0 Å². The SMILES string of the molecule is [CH3][Al]1[O]S(=O)(=O)[O]1. The molecular weight excluding hydrogens is 135 g/mol. The Hall–Kier alpha value is 0.402. The maximum Gasteiger partial charge on any atom is 0.705 e. The first kappa shape index (κ1) is 5.54. The summed E-state index contributed by atoms with van der Waals surface area (Å²) >= 11 is -1.68. The molecule has 1 fully saturated rings. The van der Waals surface area contributed by atoms with E-state index < -0.39 is 25.2 Å². The van der Waals surface area contributed by atoms with Crippen LogP contribution in [0.5, 0.6) is 0 Å². The van der Waals surface area contributed by atoms with Crippen LogP contribution in [-0.2, 0) is 16.9 Å². The summed E-state index contributed by atoms with van der Waals surface area (Å²) in [6.45, 7) is 0. The van der Waals surface area contributed by atoms with E-state index in [1.54, 1.807) is 5.79 Å². The first-order valence-electron chi connectivity index (χ1n) is 1.72. The summed E-state index contributed by atoms with van der Waals surface area (Å²) in [6.07, 6.45) is 0. The summed E-state index contributed by atoms with van der Waals surface area (Å²) < 4.78 is 28.2.